The first-order valence-corrected chi connectivity index (χ1v) is 5.82. The second-order valence-electron chi connectivity index (χ2n) is 4.27. The molecule has 0 radical (unpaired) electrons. The van der Waals surface area contributed by atoms with Gasteiger partial charge in [0.05, 0.1) is 0 Å². The molecule has 5 heteroatoms. The summed E-state index contributed by atoms with van der Waals surface area (Å²) >= 11 is 0. The van der Waals surface area contributed by atoms with Crippen LogP contribution in [0, 0.1) is 24.4 Å². The van der Waals surface area contributed by atoms with Crippen molar-refractivity contribution in [3.8, 4) is 0 Å². The number of halogens is 3. The fourth-order valence-electron chi connectivity index (χ4n) is 1.64. The van der Waals surface area contributed by atoms with Gasteiger partial charge in [-0.3, -0.25) is 4.98 Å². The van der Waals surface area contributed by atoms with E-state index in [0.29, 0.717) is 12.6 Å². The monoisotopic (exact) mass is 266 g/mol. The number of pyridine rings is 1. The molecule has 2 rings (SSSR count). The van der Waals surface area contributed by atoms with Crippen molar-refractivity contribution in [3.63, 3.8) is 0 Å². The third kappa shape index (κ3) is 3.54. The number of hydrogen-bond donors (Lipinski definition) is 1. The molecule has 0 bridgehead atoms. The molecule has 0 unspecified atom stereocenters. The number of nitrogens with zero attached hydrogens (tertiary/aromatic N) is 1. The Morgan fingerprint density at radius 3 is 2.42 bits per heavy atom. The first-order chi connectivity index (χ1) is 9.06. The van der Waals surface area contributed by atoms with Crippen molar-refractivity contribution in [2.24, 2.45) is 0 Å². The summed E-state index contributed by atoms with van der Waals surface area (Å²) in [4.78, 5) is 4.12. The Hall–Kier alpha value is -1.88. The van der Waals surface area contributed by atoms with Gasteiger partial charge in [-0.2, -0.15) is 0 Å². The van der Waals surface area contributed by atoms with Crippen LogP contribution >= 0.6 is 0 Å². The van der Waals surface area contributed by atoms with Gasteiger partial charge >= 0.3 is 0 Å². The van der Waals surface area contributed by atoms with Gasteiger partial charge < -0.3 is 5.32 Å². The van der Waals surface area contributed by atoms with Crippen molar-refractivity contribution in [1.29, 1.82) is 0 Å². The number of benzene rings is 1. The van der Waals surface area contributed by atoms with E-state index in [0.717, 1.165) is 17.3 Å². The van der Waals surface area contributed by atoms with E-state index in [2.05, 4.69) is 10.3 Å². The Balaban J connectivity index is 1.96. The predicted molar refractivity (Wildman–Crippen MR) is 65.8 cm³/mol. The van der Waals surface area contributed by atoms with Gasteiger partial charge in [0.1, 0.15) is 5.82 Å². The average Bonchev–Trinajstić information content (AvgIpc) is 2.38. The van der Waals surface area contributed by atoms with E-state index in [1.54, 1.807) is 6.20 Å². The average molecular weight is 266 g/mol. The molecule has 1 aromatic heterocycles. The Kier molecular flexibility index (Phi) is 4.16. The number of nitrogens with one attached hydrogen (secondary N) is 1. The molecule has 2 aromatic rings. The Morgan fingerprint density at radius 1 is 1.00 bits per heavy atom. The highest BCUT2D eigenvalue weighted by molar-refractivity contribution is 5.20. The van der Waals surface area contributed by atoms with E-state index in [4.69, 9.17) is 0 Å². The lowest BCUT2D eigenvalue weighted by atomic mass is 10.2. The van der Waals surface area contributed by atoms with Crippen LogP contribution in [0.15, 0.2) is 30.5 Å². The van der Waals surface area contributed by atoms with Crippen LogP contribution in [0.2, 0.25) is 0 Å². The second kappa shape index (κ2) is 5.84. The normalized spacial score (nSPS) is 10.7. The largest absolute Gasteiger partial charge is 0.308 e. The summed E-state index contributed by atoms with van der Waals surface area (Å²) in [7, 11) is 0. The Bertz CT molecular complexity index is 568. The zero-order chi connectivity index (χ0) is 13.8. The highest BCUT2D eigenvalue weighted by Crippen LogP contribution is 2.13. The molecule has 0 saturated heterocycles. The van der Waals surface area contributed by atoms with Crippen molar-refractivity contribution >= 4 is 0 Å². The molecule has 1 aromatic carbocycles. The van der Waals surface area contributed by atoms with Crippen LogP contribution in [0.1, 0.15) is 16.8 Å². The van der Waals surface area contributed by atoms with E-state index in [1.807, 2.05) is 19.1 Å². The van der Waals surface area contributed by atoms with E-state index in [9.17, 15) is 13.2 Å². The molecule has 0 aliphatic rings. The minimum absolute atomic E-state index is 0.0963. The minimum Gasteiger partial charge on any atom is -0.308 e. The highest BCUT2D eigenvalue weighted by Gasteiger charge is 2.09. The Labute approximate surface area is 109 Å². The summed E-state index contributed by atoms with van der Waals surface area (Å²) in [6, 6.07) is 5.19. The number of aryl methyl sites for hydroxylation is 1. The predicted octanol–water partition coefficient (Wildman–Crippen LogP) is 3.10. The molecule has 100 valence electrons. The molecule has 0 fully saturated rings. The first kappa shape index (κ1) is 13.5. The molecule has 0 atom stereocenters. The minimum atomic E-state index is -1.18. The standard InChI is InChI=1S/C14H13F3N2/c1-9-2-3-10(7-19-9)6-18-8-11-4-13(16)14(17)5-12(11)15/h2-5,7,18H,6,8H2,1H3. The van der Waals surface area contributed by atoms with Crippen LogP contribution in [0.25, 0.3) is 0 Å². The lowest BCUT2D eigenvalue weighted by Gasteiger charge is -2.07. The van der Waals surface area contributed by atoms with Crippen molar-refractivity contribution in [1.82, 2.24) is 10.3 Å². The van der Waals surface area contributed by atoms with Gasteiger partial charge in [0.2, 0.25) is 0 Å². The Morgan fingerprint density at radius 2 is 1.74 bits per heavy atom. The summed E-state index contributed by atoms with van der Waals surface area (Å²) in [5.74, 6) is -2.98. The van der Waals surface area contributed by atoms with Crippen molar-refractivity contribution < 1.29 is 13.2 Å². The molecule has 0 aliphatic carbocycles. The van der Waals surface area contributed by atoms with E-state index >= 15 is 0 Å². The molecule has 2 nitrogen and oxygen atoms in total. The third-order valence-electron chi connectivity index (χ3n) is 2.71. The van der Waals surface area contributed by atoms with Crippen LogP contribution < -0.4 is 5.32 Å². The molecule has 0 saturated carbocycles. The van der Waals surface area contributed by atoms with Crippen LogP contribution in [0.4, 0.5) is 13.2 Å². The van der Waals surface area contributed by atoms with Gasteiger partial charge in [-0.1, -0.05) is 6.07 Å². The van der Waals surface area contributed by atoms with E-state index in [-0.39, 0.29) is 12.1 Å². The molecule has 1 heterocycles. The van der Waals surface area contributed by atoms with Gasteiger partial charge in [-0.05, 0) is 24.6 Å². The van der Waals surface area contributed by atoms with Crippen LogP contribution in [0.5, 0.6) is 0 Å². The first-order valence-electron chi connectivity index (χ1n) is 5.82. The maximum absolute atomic E-state index is 13.4. The maximum Gasteiger partial charge on any atom is 0.161 e. The summed E-state index contributed by atoms with van der Waals surface area (Å²) in [6.07, 6.45) is 1.71. The number of aromatic nitrogens is 1. The van der Waals surface area contributed by atoms with Gasteiger partial charge in [-0.15, -0.1) is 0 Å². The summed E-state index contributed by atoms with van der Waals surface area (Å²) in [5.41, 5.74) is 1.95. The molecular formula is C14H13F3N2. The topological polar surface area (TPSA) is 24.9 Å². The fourth-order valence-corrected chi connectivity index (χ4v) is 1.64. The SMILES string of the molecule is Cc1ccc(CNCc2cc(F)c(F)cc2F)cn1. The van der Waals surface area contributed by atoms with Crippen molar-refractivity contribution in [2.75, 3.05) is 0 Å². The summed E-state index contributed by atoms with van der Waals surface area (Å²) in [5, 5.41) is 2.96. The zero-order valence-corrected chi connectivity index (χ0v) is 10.4. The maximum atomic E-state index is 13.4. The van der Waals surface area contributed by atoms with Crippen molar-refractivity contribution in [2.45, 2.75) is 20.0 Å². The van der Waals surface area contributed by atoms with E-state index in [1.165, 1.54) is 0 Å². The lowest BCUT2D eigenvalue weighted by Crippen LogP contribution is -2.14. The van der Waals surface area contributed by atoms with Gasteiger partial charge in [-0.25, -0.2) is 13.2 Å². The number of rotatable bonds is 4. The number of hydrogen-bond acceptors (Lipinski definition) is 2. The molecule has 0 amide bonds. The highest BCUT2D eigenvalue weighted by atomic mass is 19.2. The van der Waals surface area contributed by atoms with Gasteiger partial charge in [0.25, 0.3) is 0 Å². The smallest absolute Gasteiger partial charge is 0.161 e. The van der Waals surface area contributed by atoms with Crippen LogP contribution in [-0.4, -0.2) is 4.98 Å². The fraction of sp³-hybridized carbons (Fsp3) is 0.214. The van der Waals surface area contributed by atoms with Crippen LogP contribution in [0.3, 0.4) is 0 Å². The van der Waals surface area contributed by atoms with Crippen molar-refractivity contribution in [3.05, 3.63) is 64.7 Å². The zero-order valence-electron chi connectivity index (χ0n) is 10.4. The molecule has 19 heavy (non-hydrogen) atoms. The van der Waals surface area contributed by atoms with Crippen LogP contribution in [-0.2, 0) is 13.1 Å². The quantitative estimate of drug-likeness (QED) is 0.860. The second-order valence-corrected chi connectivity index (χ2v) is 4.27. The van der Waals surface area contributed by atoms with E-state index < -0.39 is 17.5 Å². The summed E-state index contributed by atoms with van der Waals surface area (Å²) in [6.45, 7) is 2.48. The molecule has 0 spiro atoms. The molecule has 0 aliphatic heterocycles. The van der Waals surface area contributed by atoms with Gasteiger partial charge in [0, 0.05) is 36.6 Å². The lowest BCUT2D eigenvalue weighted by molar-refractivity contribution is 0.486. The molecule has 1 N–H and O–H groups in total. The molecular weight excluding hydrogens is 253 g/mol. The third-order valence-corrected chi connectivity index (χ3v) is 2.71. The summed E-state index contributed by atoms with van der Waals surface area (Å²) < 4.78 is 39.1. The van der Waals surface area contributed by atoms with Gasteiger partial charge in [0.15, 0.2) is 11.6 Å².